The van der Waals surface area contributed by atoms with Crippen LogP contribution in [0.2, 0.25) is 0 Å². The zero-order valence-electron chi connectivity index (χ0n) is 22.5. The molecular weight excluding hydrogens is 490 g/mol. The summed E-state index contributed by atoms with van der Waals surface area (Å²) in [6.07, 6.45) is 0. The first-order valence-electron chi connectivity index (χ1n) is 13.1. The number of likely N-dealkylation sites (N-methyl/N-ethyl adjacent to an activating group) is 2. The van der Waals surface area contributed by atoms with E-state index in [0.29, 0.717) is 34.6 Å². The van der Waals surface area contributed by atoms with Crippen LogP contribution in [0.5, 0.6) is 0 Å². The first-order chi connectivity index (χ1) is 18.8. The Morgan fingerprint density at radius 2 is 1.62 bits per heavy atom. The number of amides is 2. The summed E-state index contributed by atoms with van der Waals surface area (Å²) in [5.74, 6) is -0.247. The molecule has 0 bridgehead atoms. The molecule has 0 aromatic heterocycles. The number of carbonyl (C=O) groups excluding carboxylic acids is 3. The van der Waals surface area contributed by atoms with Crippen LogP contribution in [-0.4, -0.2) is 74.2 Å². The van der Waals surface area contributed by atoms with E-state index in [9.17, 15) is 14.4 Å². The Kier molecular flexibility index (Phi) is 7.58. The van der Waals surface area contributed by atoms with Crippen LogP contribution in [0.4, 0.5) is 17.1 Å². The van der Waals surface area contributed by atoms with Gasteiger partial charge in [0.25, 0.3) is 5.91 Å². The van der Waals surface area contributed by atoms with Crippen LogP contribution in [0.1, 0.15) is 28.4 Å². The van der Waals surface area contributed by atoms with Crippen LogP contribution >= 0.6 is 0 Å². The predicted molar refractivity (Wildman–Crippen MR) is 156 cm³/mol. The molecule has 3 aromatic rings. The van der Waals surface area contributed by atoms with Gasteiger partial charge in [-0.15, -0.1) is 0 Å². The Morgan fingerprint density at radius 3 is 2.28 bits per heavy atom. The smallest absolute Gasteiger partial charge is 0.258 e. The lowest BCUT2D eigenvalue weighted by Gasteiger charge is -2.32. The fourth-order valence-electron chi connectivity index (χ4n) is 4.88. The molecule has 0 radical (unpaired) electrons. The number of rotatable bonds is 7. The third kappa shape index (κ3) is 5.77. The van der Waals surface area contributed by atoms with Crippen molar-refractivity contribution in [3.05, 3.63) is 89.5 Å². The molecule has 3 aromatic carbocycles. The molecule has 39 heavy (non-hydrogen) atoms. The maximum absolute atomic E-state index is 13.2. The average Bonchev–Trinajstić information content (AvgIpc) is 3.28. The van der Waals surface area contributed by atoms with Crippen LogP contribution in [0, 0.1) is 0 Å². The number of ketones is 1. The van der Waals surface area contributed by atoms with Gasteiger partial charge in [-0.25, -0.2) is 0 Å². The fourth-order valence-corrected chi connectivity index (χ4v) is 4.88. The lowest BCUT2D eigenvalue weighted by atomic mass is 9.97. The summed E-state index contributed by atoms with van der Waals surface area (Å²) in [6.45, 7) is 5.62. The zero-order chi connectivity index (χ0) is 27.5. The fraction of sp³-hybridized carbons (Fsp3) is 0.258. The molecule has 8 heteroatoms. The van der Waals surface area contributed by atoms with Crippen molar-refractivity contribution in [2.45, 2.75) is 6.92 Å². The quantitative estimate of drug-likeness (QED) is 0.359. The molecule has 0 unspecified atom stereocenters. The van der Waals surface area contributed by atoms with Gasteiger partial charge >= 0.3 is 0 Å². The van der Waals surface area contributed by atoms with Crippen LogP contribution in [0.3, 0.4) is 0 Å². The van der Waals surface area contributed by atoms with Gasteiger partial charge in [0.2, 0.25) is 5.91 Å². The number of piperazine rings is 1. The Labute approximate surface area is 228 Å². The Morgan fingerprint density at radius 1 is 0.923 bits per heavy atom. The number of benzene rings is 3. The van der Waals surface area contributed by atoms with Gasteiger partial charge in [0.15, 0.2) is 5.78 Å². The third-order valence-electron chi connectivity index (χ3n) is 7.34. The van der Waals surface area contributed by atoms with E-state index in [2.05, 4.69) is 27.5 Å². The van der Waals surface area contributed by atoms with Crippen molar-refractivity contribution < 1.29 is 14.4 Å². The number of hydrogen-bond donors (Lipinski definition) is 2. The van der Waals surface area contributed by atoms with Gasteiger partial charge in [0.1, 0.15) is 0 Å². The molecule has 2 aliphatic rings. The van der Waals surface area contributed by atoms with Crippen molar-refractivity contribution in [1.29, 1.82) is 0 Å². The number of Topliss-reactive ketones (excluding diaryl/α,β-unsaturated/α-hetero) is 1. The maximum Gasteiger partial charge on any atom is 0.258 e. The normalized spacial score (nSPS) is 16.8. The number of anilines is 3. The highest BCUT2D eigenvalue weighted by molar-refractivity contribution is 6.37. The van der Waals surface area contributed by atoms with Gasteiger partial charge in [0.05, 0.1) is 17.8 Å². The lowest BCUT2D eigenvalue weighted by molar-refractivity contribution is -0.119. The van der Waals surface area contributed by atoms with Crippen molar-refractivity contribution in [2.24, 2.45) is 0 Å². The van der Waals surface area contributed by atoms with E-state index in [4.69, 9.17) is 0 Å². The minimum Gasteiger partial charge on any atom is -0.354 e. The van der Waals surface area contributed by atoms with E-state index in [1.54, 1.807) is 30.1 Å². The van der Waals surface area contributed by atoms with Crippen LogP contribution < -0.4 is 15.5 Å². The second kappa shape index (κ2) is 11.2. The van der Waals surface area contributed by atoms with Gasteiger partial charge < -0.3 is 20.4 Å². The average molecular weight is 524 g/mol. The summed E-state index contributed by atoms with van der Waals surface area (Å²) in [5, 5.41) is 6.36. The van der Waals surface area contributed by atoms with Crippen molar-refractivity contribution >= 4 is 45.9 Å². The summed E-state index contributed by atoms with van der Waals surface area (Å²) in [6, 6.07) is 22.5. The Bertz CT molecular complexity index is 1420. The number of carbonyl (C=O) groups is 3. The van der Waals surface area contributed by atoms with E-state index < -0.39 is 0 Å². The summed E-state index contributed by atoms with van der Waals surface area (Å²) in [5.41, 5.74) is 5.42. The van der Waals surface area contributed by atoms with Gasteiger partial charge in [0, 0.05) is 61.4 Å². The SMILES string of the molecule is CC(=O)c1ccc2c(c1)/C(=C(/Nc1ccc(N(C)C(=O)CN3CCN(C)CC3)cc1)c1ccccc1)C(=O)N2. The molecule has 2 aliphatic heterocycles. The molecule has 8 nitrogen and oxygen atoms in total. The molecule has 0 spiro atoms. The Hall–Kier alpha value is -4.27. The minimum absolute atomic E-state index is 0.0489. The molecule has 2 heterocycles. The van der Waals surface area contributed by atoms with E-state index in [1.807, 2.05) is 54.6 Å². The molecule has 200 valence electrons. The van der Waals surface area contributed by atoms with Crippen molar-refractivity contribution in [3.63, 3.8) is 0 Å². The summed E-state index contributed by atoms with van der Waals surface area (Å²) >= 11 is 0. The molecule has 2 N–H and O–H groups in total. The van der Waals surface area contributed by atoms with Crippen LogP contribution in [-0.2, 0) is 9.59 Å². The minimum atomic E-state index is -0.233. The number of fused-ring (bicyclic) bond motifs is 1. The van der Waals surface area contributed by atoms with Gasteiger partial charge in [-0.2, -0.15) is 0 Å². The van der Waals surface area contributed by atoms with Crippen molar-refractivity contribution in [2.75, 3.05) is 62.4 Å². The monoisotopic (exact) mass is 523 g/mol. The second-order valence-electron chi connectivity index (χ2n) is 10.1. The molecule has 0 atom stereocenters. The number of nitrogens with one attached hydrogen (secondary N) is 2. The van der Waals surface area contributed by atoms with E-state index in [0.717, 1.165) is 43.1 Å². The number of nitrogens with zero attached hydrogens (tertiary/aromatic N) is 3. The van der Waals surface area contributed by atoms with Crippen LogP contribution in [0.25, 0.3) is 11.3 Å². The van der Waals surface area contributed by atoms with Crippen molar-refractivity contribution in [1.82, 2.24) is 9.80 Å². The Balaban J connectivity index is 1.41. The van der Waals surface area contributed by atoms with E-state index >= 15 is 0 Å². The first-order valence-corrected chi connectivity index (χ1v) is 13.1. The molecule has 0 aliphatic carbocycles. The van der Waals surface area contributed by atoms with Crippen molar-refractivity contribution in [3.8, 4) is 0 Å². The second-order valence-corrected chi connectivity index (χ2v) is 10.1. The lowest BCUT2D eigenvalue weighted by Crippen LogP contribution is -2.48. The van der Waals surface area contributed by atoms with E-state index in [-0.39, 0.29) is 17.6 Å². The summed E-state index contributed by atoms with van der Waals surface area (Å²) < 4.78 is 0. The summed E-state index contributed by atoms with van der Waals surface area (Å²) in [7, 11) is 3.89. The largest absolute Gasteiger partial charge is 0.354 e. The van der Waals surface area contributed by atoms with Gasteiger partial charge in [-0.05, 0) is 62.0 Å². The van der Waals surface area contributed by atoms with E-state index in [1.165, 1.54) is 6.92 Å². The molecule has 1 fully saturated rings. The molecular formula is C31H33N5O3. The third-order valence-corrected chi connectivity index (χ3v) is 7.34. The predicted octanol–water partition coefficient (Wildman–Crippen LogP) is 4.03. The molecule has 1 saturated heterocycles. The maximum atomic E-state index is 13.2. The first kappa shape index (κ1) is 26.3. The van der Waals surface area contributed by atoms with Crippen LogP contribution in [0.15, 0.2) is 72.8 Å². The molecule has 5 rings (SSSR count). The molecule has 0 saturated carbocycles. The van der Waals surface area contributed by atoms with Gasteiger partial charge in [-0.1, -0.05) is 30.3 Å². The van der Waals surface area contributed by atoms with Gasteiger partial charge in [-0.3, -0.25) is 19.3 Å². The standard InChI is InChI=1S/C31H33N5O3/c1-21(37)23-9-14-27-26(19-23)29(31(39)33-27)30(22-7-5-4-6-8-22)32-24-10-12-25(13-11-24)35(3)28(38)20-36-17-15-34(2)16-18-36/h4-14,19,32H,15-18,20H2,1-3H3,(H,33,39)/b30-29-. The highest BCUT2D eigenvalue weighted by Gasteiger charge is 2.29. The highest BCUT2D eigenvalue weighted by Crippen LogP contribution is 2.38. The topological polar surface area (TPSA) is 85.0 Å². The molecule has 2 amide bonds. The number of hydrogen-bond acceptors (Lipinski definition) is 6. The zero-order valence-corrected chi connectivity index (χ0v) is 22.5. The highest BCUT2D eigenvalue weighted by atomic mass is 16.2. The summed E-state index contributed by atoms with van der Waals surface area (Å²) in [4.78, 5) is 44.3.